The maximum absolute atomic E-state index is 4.41. The molecule has 4 nitrogen and oxygen atoms in total. The van der Waals surface area contributed by atoms with Crippen molar-refractivity contribution in [2.75, 3.05) is 33.4 Å². The van der Waals surface area contributed by atoms with Gasteiger partial charge in [0.2, 0.25) is 0 Å². The van der Waals surface area contributed by atoms with Crippen LogP contribution < -0.4 is 10.6 Å². The molecule has 1 aromatic carbocycles. The molecule has 146 valence electrons. The summed E-state index contributed by atoms with van der Waals surface area (Å²) < 4.78 is 0. The minimum Gasteiger partial charge on any atom is -0.356 e. The highest BCUT2D eigenvalue weighted by Gasteiger charge is 2.31. The summed E-state index contributed by atoms with van der Waals surface area (Å²) >= 11 is 3.64. The molecule has 3 rings (SSSR count). The quantitative estimate of drug-likeness (QED) is 0.431. The van der Waals surface area contributed by atoms with Gasteiger partial charge in [-0.2, -0.15) is 0 Å². The number of hydrogen-bond donors (Lipinski definition) is 2. The molecule has 27 heavy (non-hydrogen) atoms. The van der Waals surface area contributed by atoms with E-state index in [9.17, 15) is 0 Å². The predicted octanol–water partition coefficient (Wildman–Crippen LogP) is 4.22. The molecule has 0 aliphatic carbocycles. The summed E-state index contributed by atoms with van der Waals surface area (Å²) in [6.45, 7) is 2.91. The van der Waals surface area contributed by atoms with E-state index < -0.39 is 0 Å². The third kappa shape index (κ3) is 5.50. The zero-order valence-corrected chi connectivity index (χ0v) is 18.1. The fourth-order valence-corrected chi connectivity index (χ4v) is 5.15. The van der Waals surface area contributed by atoms with Crippen molar-refractivity contribution >= 4 is 29.1 Å². The molecule has 0 radical (unpaired) electrons. The van der Waals surface area contributed by atoms with Gasteiger partial charge >= 0.3 is 0 Å². The van der Waals surface area contributed by atoms with Gasteiger partial charge in [0, 0.05) is 36.0 Å². The van der Waals surface area contributed by atoms with Crippen molar-refractivity contribution in [1.82, 2.24) is 15.5 Å². The second kappa shape index (κ2) is 10.2. The van der Waals surface area contributed by atoms with E-state index >= 15 is 0 Å². The number of nitrogens with one attached hydrogen (secondary N) is 2. The lowest BCUT2D eigenvalue weighted by Crippen LogP contribution is -2.44. The van der Waals surface area contributed by atoms with Gasteiger partial charge in [-0.1, -0.05) is 18.2 Å². The highest BCUT2D eigenvalue weighted by Crippen LogP contribution is 2.36. The molecule has 2 aromatic rings. The van der Waals surface area contributed by atoms with E-state index in [0.29, 0.717) is 12.0 Å². The predicted molar refractivity (Wildman–Crippen MR) is 119 cm³/mol. The summed E-state index contributed by atoms with van der Waals surface area (Å²) in [4.78, 5) is 9.68. The summed E-state index contributed by atoms with van der Waals surface area (Å²) in [5.41, 5.74) is 1.27. The maximum Gasteiger partial charge on any atom is 0.191 e. The molecule has 2 atom stereocenters. The number of thiophene rings is 1. The third-order valence-corrected chi connectivity index (χ3v) is 6.90. The Morgan fingerprint density at radius 1 is 1.26 bits per heavy atom. The van der Waals surface area contributed by atoms with Crippen LogP contribution in [0.4, 0.5) is 0 Å². The van der Waals surface area contributed by atoms with Gasteiger partial charge in [0.05, 0.1) is 0 Å². The van der Waals surface area contributed by atoms with Crippen LogP contribution in [0.3, 0.4) is 0 Å². The Morgan fingerprint density at radius 2 is 2.07 bits per heavy atom. The third-order valence-electron chi connectivity index (χ3n) is 5.22. The summed E-state index contributed by atoms with van der Waals surface area (Å²) in [5.74, 6) is 1.48. The number of guanidine groups is 1. The Balaban J connectivity index is 1.54. The van der Waals surface area contributed by atoms with Crippen molar-refractivity contribution in [2.45, 2.75) is 30.3 Å². The van der Waals surface area contributed by atoms with Gasteiger partial charge < -0.3 is 10.6 Å². The molecule has 6 heteroatoms. The van der Waals surface area contributed by atoms with Crippen molar-refractivity contribution in [1.29, 1.82) is 0 Å². The lowest BCUT2D eigenvalue weighted by Gasteiger charge is -2.39. The second-order valence-corrected chi connectivity index (χ2v) is 8.86. The molecular weight excluding hydrogens is 372 g/mol. The molecule has 2 N–H and O–H groups in total. The standard InChI is InChI=1S/C21H30N4S2/c1-22-21(23-14-16-8-10-18(26-3)11-9-16)24-15-17-6-4-12-25(2)20(17)19-7-5-13-27-19/h5,7-11,13,17,20H,4,6,12,14-15H2,1-3H3,(H2,22,23,24). The molecule has 1 saturated heterocycles. The van der Waals surface area contributed by atoms with E-state index in [1.807, 2.05) is 18.4 Å². The lowest BCUT2D eigenvalue weighted by atomic mass is 9.88. The van der Waals surface area contributed by atoms with Crippen LogP contribution in [-0.2, 0) is 6.54 Å². The molecule has 1 aliphatic heterocycles. The van der Waals surface area contributed by atoms with Gasteiger partial charge in [-0.25, -0.2) is 0 Å². The Hall–Kier alpha value is -1.50. The summed E-state index contributed by atoms with van der Waals surface area (Å²) in [7, 11) is 4.10. The van der Waals surface area contributed by atoms with E-state index in [1.165, 1.54) is 34.7 Å². The van der Waals surface area contributed by atoms with E-state index in [1.54, 1.807) is 11.8 Å². The van der Waals surface area contributed by atoms with Crippen molar-refractivity contribution in [3.05, 3.63) is 52.2 Å². The average molecular weight is 403 g/mol. The minimum absolute atomic E-state index is 0.503. The van der Waals surface area contributed by atoms with Gasteiger partial charge in [-0.05, 0) is 67.8 Å². The monoisotopic (exact) mass is 402 g/mol. The Bertz CT molecular complexity index is 712. The minimum atomic E-state index is 0.503. The summed E-state index contributed by atoms with van der Waals surface area (Å²) in [6.07, 6.45) is 4.62. The first-order valence-corrected chi connectivity index (χ1v) is 11.6. The van der Waals surface area contributed by atoms with Gasteiger partial charge in [-0.15, -0.1) is 23.1 Å². The lowest BCUT2D eigenvalue weighted by molar-refractivity contribution is 0.125. The summed E-state index contributed by atoms with van der Waals surface area (Å²) in [5, 5.41) is 9.19. The Labute approximate surface area is 171 Å². The van der Waals surface area contributed by atoms with Crippen LogP contribution in [-0.4, -0.2) is 44.3 Å². The second-order valence-electron chi connectivity index (χ2n) is 7.00. The van der Waals surface area contributed by atoms with Gasteiger partial charge in [0.25, 0.3) is 0 Å². The van der Waals surface area contributed by atoms with Gasteiger partial charge in [0.15, 0.2) is 5.96 Å². The fraction of sp³-hybridized carbons (Fsp3) is 0.476. The molecule has 0 spiro atoms. The number of hydrogen-bond acceptors (Lipinski definition) is 4. The molecule has 0 amide bonds. The van der Waals surface area contributed by atoms with E-state index in [2.05, 4.69) is 75.6 Å². The number of piperidine rings is 1. The zero-order chi connectivity index (χ0) is 19.1. The number of likely N-dealkylation sites (tertiary alicyclic amines) is 1. The van der Waals surface area contributed by atoms with Crippen molar-refractivity contribution in [3.8, 4) is 0 Å². The first-order chi connectivity index (χ1) is 13.2. The van der Waals surface area contributed by atoms with Crippen LogP contribution in [0.25, 0.3) is 0 Å². The highest BCUT2D eigenvalue weighted by molar-refractivity contribution is 7.98. The molecule has 1 fully saturated rings. The number of benzene rings is 1. The molecule has 1 aromatic heterocycles. The zero-order valence-electron chi connectivity index (χ0n) is 16.4. The molecule has 1 aliphatic rings. The average Bonchev–Trinajstić information content (AvgIpc) is 3.23. The Kier molecular flexibility index (Phi) is 7.61. The van der Waals surface area contributed by atoms with Crippen molar-refractivity contribution in [3.63, 3.8) is 0 Å². The topological polar surface area (TPSA) is 39.7 Å². The number of thioether (sulfide) groups is 1. The SMILES string of the molecule is CN=C(NCc1ccc(SC)cc1)NCC1CCCN(C)C1c1cccs1. The van der Waals surface area contributed by atoms with Crippen molar-refractivity contribution < 1.29 is 0 Å². The van der Waals surface area contributed by atoms with E-state index in [-0.39, 0.29) is 0 Å². The highest BCUT2D eigenvalue weighted by atomic mass is 32.2. The largest absolute Gasteiger partial charge is 0.356 e. The summed E-state index contributed by atoms with van der Waals surface area (Å²) in [6, 6.07) is 13.6. The Morgan fingerprint density at radius 3 is 2.74 bits per heavy atom. The van der Waals surface area contributed by atoms with Gasteiger partial charge in [0.1, 0.15) is 0 Å². The van der Waals surface area contributed by atoms with E-state index in [4.69, 9.17) is 0 Å². The van der Waals surface area contributed by atoms with Crippen LogP contribution in [0, 0.1) is 5.92 Å². The number of aliphatic imine (C=N–C) groups is 1. The number of nitrogens with zero attached hydrogens (tertiary/aromatic N) is 2. The van der Waals surface area contributed by atoms with Crippen LogP contribution in [0.1, 0.15) is 29.3 Å². The van der Waals surface area contributed by atoms with Crippen molar-refractivity contribution in [2.24, 2.45) is 10.9 Å². The first kappa shape index (κ1) is 20.2. The molecular formula is C21H30N4S2. The van der Waals surface area contributed by atoms with Gasteiger partial charge in [-0.3, -0.25) is 9.89 Å². The van der Waals surface area contributed by atoms with Crippen LogP contribution >= 0.6 is 23.1 Å². The molecule has 0 saturated carbocycles. The smallest absolute Gasteiger partial charge is 0.191 e. The molecule has 2 heterocycles. The molecule has 0 bridgehead atoms. The van der Waals surface area contributed by atoms with Crippen LogP contribution in [0.5, 0.6) is 0 Å². The molecule has 2 unspecified atom stereocenters. The van der Waals surface area contributed by atoms with Crippen LogP contribution in [0.2, 0.25) is 0 Å². The normalized spacial score (nSPS) is 21.2. The fourth-order valence-electron chi connectivity index (χ4n) is 3.76. The number of rotatable bonds is 6. The van der Waals surface area contributed by atoms with Crippen LogP contribution in [0.15, 0.2) is 51.7 Å². The first-order valence-electron chi connectivity index (χ1n) is 9.52. The maximum atomic E-state index is 4.41. The van der Waals surface area contributed by atoms with E-state index in [0.717, 1.165) is 19.0 Å².